The molecule has 10 heteroatoms. The Morgan fingerprint density at radius 3 is 2.67 bits per heavy atom. The molecule has 33 heavy (non-hydrogen) atoms. The van der Waals surface area contributed by atoms with Gasteiger partial charge in [-0.25, -0.2) is 4.68 Å². The molecule has 4 rings (SSSR count). The third-order valence-corrected chi connectivity index (χ3v) is 5.75. The van der Waals surface area contributed by atoms with E-state index in [0.29, 0.717) is 30.0 Å². The lowest BCUT2D eigenvalue weighted by molar-refractivity contribution is -0.384. The van der Waals surface area contributed by atoms with E-state index in [-0.39, 0.29) is 17.3 Å². The fraction of sp³-hybridized carbons (Fsp3) is 0.304. The number of nitriles is 1. The lowest BCUT2D eigenvalue weighted by Gasteiger charge is -2.21. The highest BCUT2D eigenvalue weighted by Crippen LogP contribution is 2.19. The Balaban J connectivity index is 1.44. The van der Waals surface area contributed by atoms with Gasteiger partial charge in [0, 0.05) is 44.9 Å². The van der Waals surface area contributed by atoms with Gasteiger partial charge in [-0.15, -0.1) is 5.10 Å². The largest absolute Gasteiger partial charge is 0.336 e. The van der Waals surface area contributed by atoms with Crippen LogP contribution in [0.1, 0.15) is 33.7 Å². The van der Waals surface area contributed by atoms with Crippen LogP contribution in [0.2, 0.25) is 0 Å². The Morgan fingerprint density at radius 2 is 1.94 bits per heavy atom. The molecule has 0 spiro atoms. The van der Waals surface area contributed by atoms with Crippen molar-refractivity contribution in [2.24, 2.45) is 0 Å². The Labute approximate surface area is 190 Å². The van der Waals surface area contributed by atoms with E-state index in [2.05, 4.69) is 21.3 Å². The number of hydrogen-bond donors (Lipinski definition) is 0. The molecule has 1 aliphatic rings. The van der Waals surface area contributed by atoms with Gasteiger partial charge in [0.05, 0.1) is 27.9 Å². The molecule has 2 aromatic carbocycles. The van der Waals surface area contributed by atoms with Gasteiger partial charge in [-0.2, -0.15) is 5.26 Å². The molecule has 1 aliphatic heterocycles. The summed E-state index contributed by atoms with van der Waals surface area (Å²) in [6.45, 7) is 5.27. The maximum absolute atomic E-state index is 13.2. The van der Waals surface area contributed by atoms with Crippen LogP contribution in [-0.4, -0.2) is 61.8 Å². The van der Waals surface area contributed by atoms with Crippen LogP contribution >= 0.6 is 0 Å². The predicted octanol–water partition coefficient (Wildman–Crippen LogP) is 2.70. The van der Waals surface area contributed by atoms with E-state index < -0.39 is 4.92 Å². The Hall–Kier alpha value is -4.10. The maximum Gasteiger partial charge on any atom is 0.276 e. The number of rotatable bonds is 5. The predicted molar refractivity (Wildman–Crippen MR) is 120 cm³/mol. The minimum absolute atomic E-state index is 0.0508. The molecule has 0 unspecified atom stereocenters. The SMILES string of the molecule is Cc1c(C(=O)N2CCCN(Cc3ccc(C#N)cc3)CC2)nnn1-c1cccc([N+](=O)[O-])c1. The molecular formula is C23H23N7O3. The summed E-state index contributed by atoms with van der Waals surface area (Å²) in [7, 11) is 0. The molecule has 1 aromatic heterocycles. The minimum atomic E-state index is -0.470. The first-order valence-corrected chi connectivity index (χ1v) is 10.6. The van der Waals surface area contributed by atoms with Gasteiger partial charge in [0.15, 0.2) is 5.69 Å². The molecule has 0 saturated carbocycles. The zero-order chi connectivity index (χ0) is 23.4. The summed E-state index contributed by atoms with van der Waals surface area (Å²) in [6, 6.07) is 15.8. The van der Waals surface area contributed by atoms with Crippen LogP contribution in [0, 0.1) is 28.4 Å². The van der Waals surface area contributed by atoms with Gasteiger partial charge in [-0.1, -0.05) is 23.4 Å². The van der Waals surface area contributed by atoms with Crippen molar-refractivity contribution >= 4 is 11.6 Å². The van der Waals surface area contributed by atoms with E-state index in [1.165, 1.54) is 16.8 Å². The molecule has 0 radical (unpaired) electrons. The zero-order valence-electron chi connectivity index (χ0n) is 18.2. The molecule has 168 valence electrons. The smallest absolute Gasteiger partial charge is 0.276 e. The number of hydrogen-bond acceptors (Lipinski definition) is 7. The van der Waals surface area contributed by atoms with Gasteiger partial charge in [-0.05, 0) is 37.1 Å². The molecule has 0 aliphatic carbocycles. The third kappa shape index (κ3) is 4.88. The van der Waals surface area contributed by atoms with Crippen LogP contribution in [0.5, 0.6) is 0 Å². The van der Waals surface area contributed by atoms with Crippen LogP contribution < -0.4 is 0 Å². The molecule has 0 atom stereocenters. The fourth-order valence-corrected chi connectivity index (χ4v) is 3.94. The fourth-order valence-electron chi connectivity index (χ4n) is 3.94. The average Bonchev–Trinajstić information content (AvgIpc) is 3.06. The first-order valence-electron chi connectivity index (χ1n) is 10.6. The average molecular weight is 445 g/mol. The summed E-state index contributed by atoms with van der Waals surface area (Å²) in [6.07, 6.45) is 0.833. The van der Waals surface area contributed by atoms with Crippen molar-refractivity contribution in [3.05, 3.63) is 81.2 Å². The van der Waals surface area contributed by atoms with E-state index in [4.69, 9.17) is 5.26 Å². The Bertz CT molecular complexity index is 1210. The molecule has 0 bridgehead atoms. The van der Waals surface area contributed by atoms with Gasteiger partial charge in [-0.3, -0.25) is 19.8 Å². The first-order chi connectivity index (χ1) is 16.0. The van der Waals surface area contributed by atoms with Gasteiger partial charge < -0.3 is 4.90 Å². The third-order valence-electron chi connectivity index (χ3n) is 5.75. The number of nitro groups is 1. The van der Waals surface area contributed by atoms with Crippen LogP contribution in [0.3, 0.4) is 0 Å². The van der Waals surface area contributed by atoms with Crippen molar-refractivity contribution in [1.82, 2.24) is 24.8 Å². The van der Waals surface area contributed by atoms with Gasteiger partial charge in [0.2, 0.25) is 0 Å². The van der Waals surface area contributed by atoms with Crippen molar-refractivity contribution in [3.8, 4) is 11.8 Å². The summed E-state index contributed by atoms with van der Waals surface area (Å²) in [4.78, 5) is 27.9. The van der Waals surface area contributed by atoms with E-state index >= 15 is 0 Å². The standard InChI is InChI=1S/C23H23N7O3/c1-17-22(25-26-29(17)20-4-2-5-21(14-20)30(32)33)23(31)28-11-3-10-27(12-13-28)16-19-8-6-18(15-24)7-9-19/h2,4-9,14H,3,10-13,16H2,1H3. The second-order valence-corrected chi connectivity index (χ2v) is 7.94. The zero-order valence-corrected chi connectivity index (χ0v) is 18.2. The Kier molecular flexibility index (Phi) is 6.42. The summed E-state index contributed by atoms with van der Waals surface area (Å²) in [5.41, 5.74) is 2.99. The monoisotopic (exact) mass is 445 g/mol. The van der Waals surface area contributed by atoms with Gasteiger partial charge >= 0.3 is 0 Å². The summed E-state index contributed by atoms with van der Waals surface area (Å²) >= 11 is 0. The number of carbonyl (C=O) groups excluding carboxylic acids is 1. The van der Waals surface area contributed by atoms with Crippen molar-refractivity contribution < 1.29 is 9.72 Å². The van der Waals surface area contributed by atoms with Crippen molar-refractivity contribution in [2.75, 3.05) is 26.2 Å². The van der Waals surface area contributed by atoms with Crippen LogP contribution in [-0.2, 0) is 6.54 Å². The normalized spacial score (nSPS) is 14.5. The molecule has 2 heterocycles. The molecule has 1 saturated heterocycles. The molecule has 1 fully saturated rings. The molecule has 1 amide bonds. The van der Waals surface area contributed by atoms with Crippen LogP contribution in [0.4, 0.5) is 5.69 Å². The van der Waals surface area contributed by atoms with Gasteiger partial charge in [0.25, 0.3) is 11.6 Å². The number of carbonyl (C=O) groups is 1. The highest BCUT2D eigenvalue weighted by atomic mass is 16.6. The number of amides is 1. The molecular weight excluding hydrogens is 422 g/mol. The number of nitro benzene ring substituents is 1. The quantitative estimate of drug-likeness (QED) is 0.437. The van der Waals surface area contributed by atoms with E-state index in [9.17, 15) is 14.9 Å². The second kappa shape index (κ2) is 9.58. The highest BCUT2D eigenvalue weighted by molar-refractivity contribution is 5.93. The topological polar surface area (TPSA) is 121 Å². The first kappa shape index (κ1) is 22.1. The van der Waals surface area contributed by atoms with Crippen LogP contribution in [0.15, 0.2) is 48.5 Å². The van der Waals surface area contributed by atoms with E-state index in [0.717, 1.165) is 31.6 Å². The van der Waals surface area contributed by atoms with E-state index in [1.54, 1.807) is 24.0 Å². The van der Waals surface area contributed by atoms with Crippen molar-refractivity contribution in [2.45, 2.75) is 19.9 Å². The molecule has 0 N–H and O–H groups in total. The maximum atomic E-state index is 13.2. The highest BCUT2D eigenvalue weighted by Gasteiger charge is 2.25. The van der Waals surface area contributed by atoms with Crippen molar-refractivity contribution in [3.63, 3.8) is 0 Å². The van der Waals surface area contributed by atoms with E-state index in [1.807, 2.05) is 24.3 Å². The lowest BCUT2D eigenvalue weighted by atomic mass is 10.1. The molecule has 3 aromatic rings. The number of non-ortho nitro benzene ring substituents is 1. The van der Waals surface area contributed by atoms with Crippen LogP contribution in [0.25, 0.3) is 5.69 Å². The summed E-state index contributed by atoms with van der Waals surface area (Å²) in [5.74, 6) is -0.190. The summed E-state index contributed by atoms with van der Waals surface area (Å²) in [5, 5.41) is 28.2. The summed E-state index contributed by atoms with van der Waals surface area (Å²) < 4.78 is 1.45. The number of nitrogens with zero attached hydrogens (tertiary/aromatic N) is 7. The van der Waals surface area contributed by atoms with Gasteiger partial charge in [0.1, 0.15) is 0 Å². The number of aromatic nitrogens is 3. The minimum Gasteiger partial charge on any atom is -0.336 e. The Morgan fingerprint density at radius 1 is 1.15 bits per heavy atom. The molecule has 10 nitrogen and oxygen atoms in total. The lowest BCUT2D eigenvalue weighted by Crippen LogP contribution is -2.35. The number of benzene rings is 2. The second-order valence-electron chi connectivity index (χ2n) is 7.94. The van der Waals surface area contributed by atoms with Crippen molar-refractivity contribution in [1.29, 1.82) is 5.26 Å².